The first-order chi connectivity index (χ1) is 7.16. The first kappa shape index (κ1) is 10.9. The van der Waals surface area contributed by atoms with Crippen molar-refractivity contribution in [3.8, 4) is 0 Å². The third kappa shape index (κ3) is 3.19. The predicted octanol–water partition coefficient (Wildman–Crippen LogP) is 2.50. The lowest BCUT2D eigenvalue weighted by atomic mass is 10.2. The highest BCUT2D eigenvalue weighted by molar-refractivity contribution is 7.63. The van der Waals surface area contributed by atoms with E-state index in [0.29, 0.717) is 0 Å². The molecular formula is C12H18NOP. The molecule has 0 aromatic heterocycles. The van der Waals surface area contributed by atoms with Crippen LogP contribution in [0.4, 0.5) is 0 Å². The molecule has 1 aliphatic heterocycles. The van der Waals surface area contributed by atoms with E-state index in [4.69, 9.17) is 0 Å². The third-order valence-electron chi connectivity index (χ3n) is 3.03. The third-order valence-corrected chi connectivity index (χ3v) is 5.32. The van der Waals surface area contributed by atoms with E-state index in [-0.39, 0.29) is 0 Å². The number of nitrogens with zero attached hydrogens (tertiary/aromatic N) is 1. The van der Waals surface area contributed by atoms with Gasteiger partial charge < -0.3 is 4.57 Å². The van der Waals surface area contributed by atoms with E-state index in [9.17, 15) is 4.57 Å². The van der Waals surface area contributed by atoms with Crippen molar-refractivity contribution in [2.45, 2.75) is 6.54 Å². The molecule has 0 amide bonds. The second-order valence-corrected chi connectivity index (χ2v) is 7.99. The van der Waals surface area contributed by atoms with Gasteiger partial charge in [0.15, 0.2) is 0 Å². The molecule has 15 heavy (non-hydrogen) atoms. The van der Waals surface area contributed by atoms with Crippen molar-refractivity contribution in [1.29, 1.82) is 0 Å². The van der Waals surface area contributed by atoms with Gasteiger partial charge in [0.05, 0.1) is 7.14 Å². The van der Waals surface area contributed by atoms with Gasteiger partial charge in [-0.05, 0) is 12.2 Å². The van der Waals surface area contributed by atoms with Crippen molar-refractivity contribution in [3.05, 3.63) is 35.9 Å². The van der Waals surface area contributed by atoms with Gasteiger partial charge in [-0.15, -0.1) is 0 Å². The van der Waals surface area contributed by atoms with Gasteiger partial charge >= 0.3 is 0 Å². The fourth-order valence-corrected chi connectivity index (χ4v) is 3.56. The Bertz CT molecular complexity index is 351. The Morgan fingerprint density at radius 3 is 2.40 bits per heavy atom. The topological polar surface area (TPSA) is 20.3 Å². The highest BCUT2D eigenvalue weighted by Gasteiger charge is 2.23. The Morgan fingerprint density at radius 1 is 1.20 bits per heavy atom. The highest BCUT2D eigenvalue weighted by atomic mass is 31.2. The van der Waals surface area contributed by atoms with Gasteiger partial charge in [0, 0.05) is 32.0 Å². The largest absolute Gasteiger partial charge is 0.324 e. The number of hydrogen-bond acceptors (Lipinski definition) is 2. The van der Waals surface area contributed by atoms with Crippen LogP contribution < -0.4 is 0 Å². The molecule has 0 bridgehead atoms. The molecule has 2 rings (SSSR count). The van der Waals surface area contributed by atoms with Gasteiger partial charge in [0.1, 0.15) is 0 Å². The summed E-state index contributed by atoms with van der Waals surface area (Å²) in [7, 11) is -1.77. The summed E-state index contributed by atoms with van der Waals surface area (Å²) in [5, 5.41) is 0. The van der Waals surface area contributed by atoms with Crippen LogP contribution in [0.2, 0.25) is 0 Å². The molecule has 1 aromatic rings. The molecule has 0 radical (unpaired) electrons. The predicted molar refractivity (Wildman–Crippen MR) is 65.0 cm³/mol. The monoisotopic (exact) mass is 223 g/mol. The van der Waals surface area contributed by atoms with Gasteiger partial charge in [0.25, 0.3) is 0 Å². The fourth-order valence-electron chi connectivity index (χ4n) is 1.93. The van der Waals surface area contributed by atoms with Crippen LogP contribution >= 0.6 is 7.14 Å². The lowest BCUT2D eigenvalue weighted by Crippen LogP contribution is -2.34. The maximum atomic E-state index is 11.8. The van der Waals surface area contributed by atoms with Crippen molar-refractivity contribution < 1.29 is 4.57 Å². The molecule has 0 unspecified atom stereocenters. The molecular weight excluding hydrogens is 205 g/mol. The second kappa shape index (κ2) is 4.51. The summed E-state index contributed by atoms with van der Waals surface area (Å²) >= 11 is 0. The van der Waals surface area contributed by atoms with E-state index in [1.54, 1.807) is 0 Å². The average molecular weight is 223 g/mol. The minimum Gasteiger partial charge on any atom is -0.324 e. The maximum Gasteiger partial charge on any atom is 0.0873 e. The zero-order valence-corrected chi connectivity index (χ0v) is 10.1. The Labute approximate surface area is 91.7 Å². The van der Waals surface area contributed by atoms with Crippen molar-refractivity contribution in [3.63, 3.8) is 0 Å². The fraction of sp³-hybridized carbons (Fsp3) is 0.500. The zero-order valence-electron chi connectivity index (χ0n) is 9.22. The van der Waals surface area contributed by atoms with Crippen LogP contribution in [-0.4, -0.2) is 37.0 Å². The minimum atomic E-state index is -1.77. The summed E-state index contributed by atoms with van der Waals surface area (Å²) in [6.07, 6.45) is 1.78. The Morgan fingerprint density at radius 2 is 1.80 bits per heavy atom. The molecule has 3 heteroatoms. The number of benzene rings is 1. The summed E-state index contributed by atoms with van der Waals surface area (Å²) < 4.78 is 11.8. The van der Waals surface area contributed by atoms with Crippen molar-refractivity contribution >= 4 is 7.14 Å². The summed E-state index contributed by atoms with van der Waals surface area (Å²) in [5.74, 6) is 0. The van der Waals surface area contributed by atoms with Gasteiger partial charge in [-0.2, -0.15) is 0 Å². The molecule has 82 valence electrons. The van der Waals surface area contributed by atoms with Crippen molar-refractivity contribution in [2.24, 2.45) is 0 Å². The molecule has 1 aromatic carbocycles. The summed E-state index contributed by atoms with van der Waals surface area (Å²) in [4.78, 5) is 2.40. The molecule has 1 fully saturated rings. The summed E-state index contributed by atoms with van der Waals surface area (Å²) in [6, 6.07) is 10.5. The van der Waals surface area contributed by atoms with Crippen LogP contribution in [0.15, 0.2) is 30.3 Å². The lowest BCUT2D eigenvalue weighted by molar-refractivity contribution is 0.287. The lowest BCUT2D eigenvalue weighted by Gasteiger charge is -2.30. The van der Waals surface area contributed by atoms with E-state index >= 15 is 0 Å². The van der Waals surface area contributed by atoms with E-state index in [0.717, 1.165) is 32.0 Å². The van der Waals surface area contributed by atoms with Crippen LogP contribution in [0.5, 0.6) is 0 Å². The first-order valence-corrected chi connectivity index (χ1v) is 8.00. The molecule has 1 heterocycles. The quantitative estimate of drug-likeness (QED) is 0.718. The summed E-state index contributed by atoms with van der Waals surface area (Å²) in [6.45, 7) is 4.92. The van der Waals surface area contributed by atoms with Crippen LogP contribution in [0.1, 0.15) is 5.56 Å². The average Bonchev–Trinajstić information content (AvgIpc) is 2.23. The number of rotatable bonds is 2. The van der Waals surface area contributed by atoms with Gasteiger partial charge in [-0.25, -0.2) is 0 Å². The smallest absolute Gasteiger partial charge is 0.0873 e. The first-order valence-electron chi connectivity index (χ1n) is 5.48. The zero-order chi connectivity index (χ0) is 10.7. The van der Waals surface area contributed by atoms with E-state index in [1.807, 2.05) is 12.7 Å². The molecule has 2 nitrogen and oxygen atoms in total. The molecule has 0 saturated carbocycles. The number of hydrogen-bond donors (Lipinski definition) is 0. The highest BCUT2D eigenvalue weighted by Crippen LogP contribution is 2.42. The van der Waals surface area contributed by atoms with E-state index in [1.165, 1.54) is 5.56 Å². The van der Waals surface area contributed by atoms with Crippen LogP contribution in [0, 0.1) is 0 Å². The molecule has 0 atom stereocenters. The van der Waals surface area contributed by atoms with Crippen molar-refractivity contribution in [2.75, 3.05) is 32.1 Å². The van der Waals surface area contributed by atoms with Gasteiger partial charge in [0.2, 0.25) is 0 Å². The molecule has 0 N–H and O–H groups in total. The van der Waals surface area contributed by atoms with Gasteiger partial charge in [-0.3, -0.25) is 4.90 Å². The Hall–Kier alpha value is -0.590. The Kier molecular flexibility index (Phi) is 3.28. The standard InChI is InChI=1S/C12H18NOP/c1-15(14)9-7-13(8-10-15)11-12-5-3-2-4-6-12/h2-6H,7-11H2,1H3. The molecule has 1 saturated heterocycles. The van der Waals surface area contributed by atoms with Crippen LogP contribution in [-0.2, 0) is 11.1 Å². The molecule has 1 aliphatic rings. The van der Waals surface area contributed by atoms with Crippen LogP contribution in [0.25, 0.3) is 0 Å². The SMILES string of the molecule is CP1(=O)CCN(Cc2ccccc2)CC1. The molecule has 0 aliphatic carbocycles. The van der Waals surface area contributed by atoms with Gasteiger partial charge in [-0.1, -0.05) is 30.3 Å². The maximum absolute atomic E-state index is 11.8. The normalized spacial score (nSPS) is 21.4. The summed E-state index contributed by atoms with van der Waals surface area (Å²) in [5.41, 5.74) is 1.35. The Balaban J connectivity index is 1.90. The van der Waals surface area contributed by atoms with E-state index in [2.05, 4.69) is 29.2 Å². The molecule has 0 spiro atoms. The minimum absolute atomic E-state index is 0.889. The van der Waals surface area contributed by atoms with Crippen LogP contribution in [0.3, 0.4) is 0 Å². The second-order valence-electron chi connectivity index (χ2n) is 4.51. The van der Waals surface area contributed by atoms with Crippen molar-refractivity contribution in [1.82, 2.24) is 4.90 Å². The van der Waals surface area contributed by atoms with E-state index < -0.39 is 7.14 Å².